The van der Waals surface area contributed by atoms with Crippen molar-refractivity contribution in [1.82, 2.24) is 0 Å². The molecule has 0 aliphatic carbocycles. The lowest BCUT2D eigenvalue weighted by Gasteiger charge is -2.11. The summed E-state index contributed by atoms with van der Waals surface area (Å²) in [5, 5.41) is 0. The monoisotopic (exact) mass is 286 g/mol. The maximum Gasteiger partial charge on any atom is 0.422 e. The van der Waals surface area contributed by atoms with E-state index < -0.39 is 43.7 Å². The first kappa shape index (κ1) is 16.4. The average Bonchev–Trinajstić information content (AvgIpc) is 2.19. The molecule has 0 bridgehead atoms. The van der Waals surface area contributed by atoms with Crippen molar-refractivity contribution in [2.75, 3.05) is 13.2 Å². The van der Waals surface area contributed by atoms with Crippen molar-refractivity contribution < 1.29 is 49.8 Å². The van der Waals surface area contributed by atoms with Gasteiger partial charge in [0.25, 0.3) is 6.17 Å². The minimum Gasteiger partial charge on any atom is -0.453 e. The summed E-state index contributed by atoms with van der Waals surface area (Å²) in [7, 11) is 0. The fourth-order valence-corrected chi connectivity index (χ4v) is 0.548. The summed E-state index contributed by atoms with van der Waals surface area (Å²) in [6.45, 7) is -4.34. The van der Waals surface area contributed by atoms with Gasteiger partial charge in [0.2, 0.25) is 0 Å². The van der Waals surface area contributed by atoms with Crippen molar-refractivity contribution in [3.05, 3.63) is 0 Å². The average molecular weight is 286 g/mol. The molecule has 4 nitrogen and oxygen atoms in total. The minimum atomic E-state index is -4.95. The molecule has 0 spiro atoms. The molecular formula is C7H5F7O4. The normalized spacial score (nSPS) is 12.4. The highest BCUT2D eigenvalue weighted by Gasteiger charge is 2.37. The summed E-state index contributed by atoms with van der Waals surface area (Å²) >= 11 is 0. The third-order valence-corrected chi connectivity index (χ3v) is 1.17. The van der Waals surface area contributed by atoms with E-state index in [1.807, 2.05) is 0 Å². The second-order valence-electron chi connectivity index (χ2n) is 2.81. The van der Waals surface area contributed by atoms with Gasteiger partial charge >= 0.3 is 24.3 Å². The van der Waals surface area contributed by atoms with Crippen LogP contribution in [-0.4, -0.2) is 43.7 Å². The van der Waals surface area contributed by atoms with Gasteiger partial charge in [-0.1, -0.05) is 0 Å². The number of hydrogen-bond donors (Lipinski definition) is 0. The van der Waals surface area contributed by atoms with Crippen LogP contribution in [0.25, 0.3) is 0 Å². The van der Waals surface area contributed by atoms with Gasteiger partial charge in [-0.05, 0) is 0 Å². The predicted octanol–water partition coefficient (Wildman–Crippen LogP) is 1.54. The number of carbonyl (C=O) groups excluding carboxylic acids is 2. The molecule has 18 heavy (non-hydrogen) atoms. The van der Waals surface area contributed by atoms with Gasteiger partial charge in [0, 0.05) is 0 Å². The standard InChI is InChI=1S/C7H5F7O4/c8-3(4(15)17-1-6(9,10)11)5(16)18-2-7(12,13)14/h3H,1-2H2. The molecule has 0 aromatic heterocycles. The lowest BCUT2D eigenvalue weighted by atomic mass is 10.4. The summed E-state index contributed by atoms with van der Waals surface area (Å²) in [6, 6.07) is 0. The van der Waals surface area contributed by atoms with Crippen LogP contribution >= 0.6 is 0 Å². The van der Waals surface area contributed by atoms with E-state index in [1.165, 1.54) is 0 Å². The van der Waals surface area contributed by atoms with Crippen LogP contribution < -0.4 is 0 Å². The molecule has 0 saturated carbocycles. The van der Waals surface area contributed by atoms with Crippen molar-refractivity contribution in [3.63, 3.8) is 0 Å². The van der Waals surface area contributed by atoms with Crippen LogP contribution in [-0.2, 0) is 19.1 Å². The lowest BCUT2D eigenvalue weighted by Crippen LogP contribution is -2.34. The first-order valence-corrected chi connectivity index (χ1v) is 4.03. The molecule has 0 atom stereocenters. The zero-order chi connectivity index (χ0) is 14.6. The second kappa shape index (κ2) is 5.87. The summed E-state index contributed by atoms with van der Waals surface area (Å²) in [5.74, 6) is -4.56. The fourth-order valence-electron chi connectivity index (χ4n) is 0.548. The van der Waals surface area contributed by atoms with E-state index in [2.05, 4.69) is 9.47 Å². The summed E-state index contributed by atoms with van der Waals surface area (Å²) < 4.78 is 88.4. The van der Waals surface area contributed by atoms with E-state index in [4.69, 9.17) is 0 Å². The topological polar surface area (TPSA) is 52.6 Å². The first-order chi connectivity index (χ1) is 7.92. The van der Waals surface area contributed by atoms with Gasteiger partial charge in [-0.25, -0.2) is 14.0 Å². The molecule has 0 aliphatic rings. The molecule has 0 aliphatic heterocycles. The second-order valence-corrected chi connectivity index (χ2v) is 2.81. The minimum absolute atomic E-state index is 2.17. The van der Waals surface area contributed by atoms with Crippen LogP contribution in [0.15, 0.2) is 0 Å². The van der Waals surface area contributed by atoms with Crippen LogP contribution in [0.5, 0.6) is 0 Å². The van der Waals surface area contributed by atoms with Crippen LogP contribution in [0.3, 0.4) is 0 Å². The Bertz CT molecular complexity index is 278. The summed E-state index contributed by atoms with van der Waals surface area (Å²) in [5.41, 5.74) is 0. The maximum absolute atomic E-state index is 12.7. The van der Waals surface area contributed by atoms with E-state index in [1.54, 1.807) is 0 Å². The molecule has 106 valence electrons. The Kier molecular flexibility index (Phi) is 5.36. The van der Waals surface area contributed by atoms with Gasteiger partial charge in [0.15, 0.2) is 13.2 Å². The third kappa shape index (κ3) is 7.68. The lowest BCUT2D eigenvalue weighted by molar-refractivity contribution is -0.199. The Morgan fingerprint density at radius 3 is 1.33 bits per heavy atom. The predicted molar refractivity (Wildman–Crippen MR) is 38.9 cm³/mol. The highest BCUT2D eigenvalue weighted by Crippen LogP contribution is 2.17. The highest BCUT2D eigenvalue weighted by atomic mass is 19.4. The van der Waals surface area contributed by atoms with E-state index in [9.17, 15) is 40.3 Å². The Morgan fingerprint density at radius 1 is 0.833 bits per heavy atom. The van der Waals surface area contributed by atoms with Gasteiger partial charge in [-0.15, -0.1) is 0 Å². The molecular weight excluding hydrogens is 281 g/mol. The molecule has 11 heteroatoms. The number of alkyl halides is 7. The van der Waals surface area contributed by atoms with Crippen molar-refractivity contribution in [2.24, 2.45) is 0 Å². The number of esters is 2. The zero-order valence-electron chi connectivity index (χ0n) is 8.27. The van der Waals surface area contributed by atoms with Gasteiger partial charge < -0.3 is 9.47 Å². The van der Waals surface area contributed by atoms with Gasteiger partial charge in [0.05, 0.1) is 0 Å². The molecule has 0 saturated heterocycles. The Balaban J connectivity index is 4.17. The Morgan fingerprint density at radius 2 is 1.11 bits per heavy atom. The van der Waals surface area contributed by atoms with Crippen LogP contribution in [0.2, 0.25) is 0 Å². The number of carbonyl (C=O) groups is 2. The SMILES string of the molecule is O=C(OCC(F)(F)F)C(F)C(=O)OCC(F)(F)F. The molecule has 0 unspecified atom stereocenters. The zero-order valence-corrected chi connectivity index (χ0v) is 8.27. The fraction of sp³-hybridized carbons (Fsp3) is 0.714. The van der Waals surface area contributed by atoms with Crippen LogP contribution in [0.4, 0.5) is 30.7 Å². The van der Waals surface area contributed by atoms with E-state index >= 15 is 0 Å². The molecule has 0 rings (SSSR count). The summed E-state index contributed by atoms with van der Waals surface area (Å²) in [6.07, 6.45) is -13.3. The van der Waals surface area contributed by atoms with E-state index in [0.29, 0.717) is 0 Å². The maximum atomic E-state index is 12.7. The molecule has 0 amide bonds. The van der Waals surface area contributed by atoms with Gasteiger partial charge in [-0.3, -0.25) is 0 Å². The number of halogens is 7. The number of ether oxygens (including phenoxy) is 2. The largest absolute Gasteiger partial charge is 0.453 e. The quantitative estimate of drug-likeness (QED) is 0.447. The third-order valence-electron chi connectivity index (χ3n) is 1.17. The van der Waals surface area contributed by atoms with Crippen LogP contribution in [0.1, 0.15) is 0 Å². The van der Waals surface area contributed by atoms with Crippen molar-refractivity contribution in [3.8, 4) is 0 Å². The molecule has 0 fully saturated rings. The Hall–Kier alpha value is -1.55. The molecule has 0 radical (unpaired) electrons. The van der Waals surface area contributed by atoms with Crippen molar-refractivity contribution >= 4 is 11.9 Å². The molecule has 0 N–H and O–H groups in total. The Labute approximate surface area is 94.6 Å². The van der Waals surface area contributed by atoms with E-state index in [-0.39, 0.29) is 0 Å². The molecule has 0 aromatic rings. The summed E-state index contributed by atoms with van der Waals surface area (Å²) in [4.78, 5) is 21.0. The highest BCUT2D eigenvalue weighted by molar-refractivity contribution is 5.97. The molecule has 0 heterocycles. The van der Waals surface area contributed by atoms with Gasteiger partial charge in [0.1, 0.15) is 0 Å². The number of rotatable bonds is 4. The number of hydrogen-bond acceptors (Lipinski definition) is 4. The smallest absolute Gasteiger partial charge is 0.422 e. The van der Waals surface area contributed by atoms with Gasteiger partial charge in [-0.2, -0.15) is 26.3 Å². The van der Waals surface area contributed by atoms with Crippen LogP contribution in [0, 0.1) is 0 Å². The first-order valence-electron chi connectivity index (χ1n) is 4.03. The van der Waals surface area contributed by atoms with Crippen molar-refractivity contribution in [2.45, 2.75) is 18.5 Å². The van der Waals surface area contributed by atoms with Crippen molar-refractivity contribution in [1.29, 1.82) is 0 Å². The molecule has 0 aromatic carbocycles. The van der Waals surface area contributed by atoms with E-state index in [0.717, 1.165) is 0 Å².